The first-order valence-corrected chi connectivity index (χ1v) is 6.74. The van der Waals surface area contributed by atoms with Gasteiger partial charge in [0.15, 0.2) is 0 Å². The molecule has 1 aliphatic rings. The first-order chi connectivity index (χ1) is 5.47. The van der Waals surface area contributed by atoms with Crippen LogP contribution in [-0.4, -0.2) is 30.5 Å². The van der Waals surface area contributed by atoms with Gasteiger partial charge in [-0.3, -0.25) is 0 Å². The third-order valence-corrected chi connectivity index (χ3v) is 5.58. The largest absolute Gasteiger partial charge is 0.224 e. The van der Waals surface area contributed by atoms with E-state index in [4.69, 9.17) is 0 Å². The van der Waals surface area contributed by atoms with Crippen LogP contribution in [0.4, 0.5) is 0 Å². The molecule has 0 N–H and O–H groups in total. The molecule has 3 nitrogen and oxygen atoms in total. The van der Waals surface area contributed by atoms with Crippen molar-refractivity contribution in [1.29, 1.82) is 0 Å². The summed E-state index contributed by atoms with van der Waals surface area (Å²) in [6.07, 6.45) is 0. The summed E-state index contributed by atoms with van der Waals surface area (Å²) in [5.74, 6) is 0.970. The predicted molar refractivity (Wildman–Crippen MR) is 52.6 cm³/mol. The highest BCUT2D eigenvalue weighted by atomic mass is 79.9. The lowest BCUT2D eigenvalue weighted by Gasteiger charge is -2.13. The van der Waals surface area contributed by atoms with Crippen LogP contribution in [-0.2, 0) is 10.0 Å². The molecule has 2 atom stereocenters. The van der Waals surface area contributed by atoms with E-state index in [1.807, 2.05) is 0 Å². The van der Waals surface area contributed by atoms with E-state index in [1.54, 1.807) is 4.31 Å². The number of nitrogens with zero attached hydrogens (tertiary/aromatic N) is 1. The van der Waals surface area contributed by atoms with Gasteiger partial charge in [0.1, 0.15) is 4.66 Å². The molecule has 5 heteroatoms. The van der Waals surface area contributed by atoms with E-state index in [0.29, 0.717) is 24.9 Å². The Hall–Kier alpha value is 0.390. The van der Waals surface area contributed by atoms with E-state index in [9.17, 15) is 8.42 Å². The fraction of sp³-hybridized carbons (Fsp3) is 1.00. The van der Waals surface area contributed by atoms with E-state index in [1.165, 1.54) is 0 Å². The number of sulfonamides is 1. The van der Waals surface area contributed by atoms with Crippen molar-refractivity contribution < 1.29 is 8.42 Å². The van der Waals surface area contributed by atoms with Crippen LogP contribution in [0.5, 0.6) is 0 Å². The molecular weight excluding hydrogens is 242 g/mol. The third-order valence-electron chi connectivity index (χ3n) is 2.49. The van der Waals surface area contributed by atoms with Crippen LogP contribution in [0.15, 0.2) is 0 Å². The van der Waals surface area contributed by atoms with Gasteiger partial charge in [-0.2, -0.15) is 0 Å². The minimum absolute atomic E-state index is 0.0411. The Kier molecular flexibility index (Phi) is 3.17. The molecule has 0 spiro atoms. The zero-order valence-corrected chi connectivity index (χ0v) is 9.73. The SMILES string of the molecule is CC1CN(S(=O)(=O)CBr)CC1C. The second-order valence-corrected chi connectivity index (χ2v) is 6.76. The Morgan fingerprint density at radius 2 is 1.75 bits per heavy atom. The van der Waals surface area contributed by atoms with Gasteiger partial charge < -0.3 is 0 Å². The summed E-state index contributed by atoms with van der Waals surface area (Å²) in [4.78, 5) is 0. The molecule has 0 aromatic rings. The summed E-state index contributed by atoms with van der Waals surface area (Å²) in [5, 5.41) is 0. The van der Waals surface area contributed by atoms with Crippen molar-refractivity contribution in [2.75, 3.05) is 17.8 Å². The minimum Gasteiger partial charge on any atom is -0.211 e. The van der Waals surface area contributed by atoms with Gasteiger partial charge >= 0.3 is 0 Å². The molecule has 0 aliphatic carbocycles. The van der Waals surface area contributed by atoms with E-state index in [2.05, 4.69) is 29.8 Å². The molecule has 1 fully saturated rings. The summed E-state index contributed by atoms with van der Waals surface area (Å²) in [7, 11) is -3.01. The Morgan fingerprint density at radius 1 is 1.33 bits per heavy atom. The van der Waals surface area contributed by atoms with Gasteiger partial charge in [-0.1, -0.05) is 29.8 Å². The summed E-state index contributed by atoms with van der Waals surface area (Å²) in [6, 6.07) is 0. The van der Waals surface area contributed by atoms with Crippen molar-refractivity contribution in [2.24, 2.45) is 11.8 Å². The van der Waals surface area contributed by atoms with Gasteiger partial charge in [0.05, 0.1) is 0 Å². The van der Waals surface area contributed by atoms with Crippen LogP contribution in [0.1, 0.15) is 13.8 Å². The summed E-state index contributed by atoms with van der Waals surface area (Å²) >= 11 is 2.99. The van der Waals surface area contributed by atoms with Crippen LogP contribution in [0.3, 0.4) is 0 Å². The highest BCUT2D eigenvalue weighted by Crippen LogP contribution is 2.25. The Bertz CT molecular complexity index is 242. The minimum atomic E-state index is -3.01. The van der Waals surface area contributed by atoms with Crippen molar-refractivity contribution in [3.05, 3.63) is 0 Å². The molecule has 1 aliphatic heterocycles. The summed E-state index contributed by atoms with van der Waals surface area (Å²) < 4.78 is 24.4. The molecule has 72 valence electrons. The summed E-state index contributed by atoms with van der Waals surface area (Å²) in [6.45, 7) is 5.53. The molecule has 0 bridgehead atoms. The average molecular weight is 256 g/mol. The van der Waals surface area contributed by atoms with Crippen LogP contribution in [0.25, 0.3) is 0 Å². The molecule has 2 unspecified atom stereocenters. The first-order valence-electron chi connectivity index (χ1n) is 4.01. The third kappa shape index (κ3) is 2.00. The second-order valence-electron chi connectivity index (χ2n) is 3.49. The Morgan fingerprint density at radius 3 is 2.08 bits per heavy atom. The van der Waals surface area contributed by atoms with Crippen LogP contribution < -0.4 is 0 Å². The molecule has 0 saturated carbocycles. The summed E-state index contributed by atoms with van der Waals surface area (Å²) in [5.41, 5.74) is 0. The monoisotopic (exact) mass is 255 g/mol. The Balaban J connectivity index is 2.70. The quantitative estimate of drug-likeness (QED) is 0.697. The molecule has 12 heavy (non-hydrogen) atoms. The number of alkyl halides is 1. The number of hydrogen-bond acceptors (Lipinski definition) is 2. The normalized spacial score (nSPS) is 32.6. The van der Waals surface area contributed by atoms with Crippen molar-refractivity contribution in [2.45, 2.75) is 13.8 Å². The Labute approximate surface area is 82.3 Å². The molecule has 1 heterocycles. The van der Waals surface area contributed by atoms with Crippen LogP contribution in [0, 0.1) is 11.8 Å². The van der Waals surface area contributed by atoms with E-state index >= 15 is 0 Å². The number of hydrogen-bond donors (Lipinski definition) is 0. The molecule has 0 aromatic heterocycles. The van der Waals surface area contributed by atoms with Crippen molar-refractivity contribution in [3.63, 3.8) is 0 Å². The molecule has 0 radical (unpaired) electrons. The maximum Gasteiger partial charge on any atom is 0.224 e. The second kappa shape index (κ2) is 3.64. The number of rotatable bonds is 2. The lowest BCUT2D eigenvalue weighted by Crippen LogP contribution is -2.29. The van der Waals surface area contributed by atoms with E-state index in [0.717, 1.165) is 0 Å². The zero-order valence-electron chi connectivity index (χ0n) is 7.33. The van der Waals surface area contributed by atoms with Gasteiger partial charge in [0.2, 0.25) is 10.0 Å². The first kappa shape index (κ1) is 10.5. The van der Waals surface area contributed by atoms with Gasteiger partial charge in [0.25, 0.3) is 0 Å². The fourth-order valence-corrected chi connectivity index (χ4v) is 3.30. The van der Waals surface area contributed by atoms with Gasteiger partial charge in [0, 0.05) is 13.1 Å². The van der Waals surface area contributed by atoms with Crippen molar-refractivity contribution in [3.8, 4) is 0 Å². The standard InChI is InChI=1S/C7H14BrNO2S/c1-6-3-9(4-7(6)2)12(10,11)5-8/h6-7H,3-5H2,1-2H3. The fourth-order valence-electron chi connectivity index (χ4n) is 1.37. The maximum absolute atomic E-state index is 11.4. The lowest BCUT2D eigenvalue weighted by atomic mass is 10.0. The van der Waals surface area contributed by atoms with Crippen LogP contribution in [0.2, 0.25) is 0 Å². The van der Waals surface area contributed by atoms with Gasteiger partial charge in [-0.15, -0.1) is 0 Å². The molecule has 0 aromatic carbocycles. The van der Waals surface area contributed by atoms with Crippen LogP contribution >= 0.6 is 15.9 Å². The predicted octanol–water partition coefficient (Wildman–Crippen LogP) is 1.26. The van der Waals surface area contributed by atoms with Gasteiger partial charge in [-0.05, 0) is 11.8 Å². The van der Waals surface area contributed by atoms with Crippen molar-refractivity contribution >= 4 is 26.0 Å². The van der Waals surface area contributed by atoms with E-state index < -0.39 is 10.0 Å². The van der Waals surface area contributed by atoms with E-state index in [-0.39, 0.29) is 4.66 Å². The zero-order chi connectivity index (χ0) is 9.35. The maximum atomic E-state index is 11.4. The highest BCUT2D eigenvalue weighted by Gasteiger charge is 2.32. The average Bonchev–Trinajstić information content (AvgIpc) is 2.33. The highest BCUT2D eigenvalue weighted by molar-refractivity contribution is 9.10. The lowest BCUT2D eigenvalue weighted by molar-refractivity contribution is 0.468. The number of halogens is 1. The molecular formula is C7H14BrNO2S. The van der Waals surface area contributed by atoms with Gasteiger partial charge in [-0.25, -0.2) is 12.7 Å². The van der Waals surface area contributed by atoms with Crippen molar-refractivity contribution in [1.82, 2.24) is 4.31 Å². The molecule has 1 rings (SSSR count). The molecule has 0 amide bonds. The topological polar surface area (TPSA) is 37.4 Å². The molecule has 1 saturated heterocycles. The smallest absolute Gasteiger partial charge is 0.211 e.